The molecule has 0 aliphatic carbocycles. The van der Waals surface area contributed by atoms with E-state index in [1.54, 1.807) is 50.6 Å². The molecule has 1 aromatic heterocycles. The summed E-state index contributed by atoms with van der Waals surface area (Å²) in [6.07, 6.45) is -2.41. The number of para-hydroxylation sites is 1. The molecule has 93 heavy (non-hydrogen) atoms. The van der Waals surface area contributed by atoms with Crippen molar-refractivity contribution in [3.63, 3.8) is 0 Å². The standard InChI is InChI=1S/C58H85N15O19S/c1-28(2)22-39(52(86)67-38(19-21-93-4)51(85)69-40(23-30-11-13-32(76)14-12-30)55(89)73-47(29(3)75)57(91)92)68-53(87)41(24-31-26-64-35-9-6-5-8-33(31)35)70-54(88)42(25-44(60)77)71-56(90)43(27-74)72-49(83)36(10-7-20-63-58(61)62)66-50(84)37(16-18-46(80)81)65-48(82)34(59)15-17-45(78)79/h5-6,8-9,11-14,26,28-29,34,36-43,47,64,74-76H,7,10,15-25,27,59H2,1-4H3,(H2,60,77)(H,65,82)(H,66,84)(H,67,86)(H,68,87)(H,69,85)(H,70,88)(H,71,90)(H,72,83)(H,73,89)(H,78,79)(H,80,81)(H,91,92)(H4,61,62,63)/t29-,34+,36+,37+,38+,39+,40+,41+,42+,43+,47+/m1/s1. The zero-order valence-electron chi connectivity index (χ0n) is 51.7. The number of primary amides is 1. The number of aromatic nitrogens is 1. The summed E-state index contributed by atoms with van der Waals surface area (Å²) < 4.78 is 0. The predicted molar refractivity (Wildman–Crippen MR) is 335 cm³/mol. The number of hydrogen-bond donors (Lipinski definition) is 20. The van der Waals surface area contributed by atoms with Crippen molar-refractivity contribution in [1.82, 2.24) is 52.8 Å². The number of carboxylic acid groups (broad SMARTS) is 3. The Balaban J connectivity index is 1.99. The molecule has 35 heteroatoms. The third-order valence-electron chi connectivity index (χ3n) is 14.1. The second-order valence-corrected chi connectivity index (χ2v) is 23.2. The van der Waals surface area contributed by atoms with E-state index in [0.717, 1.165) is 6.92 Å². The first-order valence-electron chi connectivity index (χ1n) is 29.4. The Bertz CT molecular complexity index is 3120. The van der Waals surface area contributed by atoms with Crippen molar-refractivity contribution < 1.29 is 93.0 Å². The van der Waals surface area contributed by atoms with Crippen molar-refractivity contribution in [3.05, 3.63) is 65.9 Å². The van der Waals surface area contributed by atoms with Gasteiger partial charge in [0.15, 0.2) is 12.0 Å². The van der Waals surface area contributed by atoms with E-state index in [2.05, 4.69) is 57.8 Å². The lowest BCUT2D eigenvalue weighted by Gasteiger charge is -2.28. The number of aromatic hydroxyl groups is 1. The molecular formula is C58H85N15O19S. The predicted octanol–water partition coefficient (Wildman–Crippen LogP) is -4.74. The van der Waals surface area contributed by atoms with Crippen molar-refractivity contribution in [2.45, 2.75) is 158 Å². The number of aliphatic imine (C=N–C) groups is 1. The maximum Gasteiger partial charge on any atom is 0.328 e. The maximum absolute atomic E-state index is 14.8. The number of guanidine groups is 1. The first-order chi connectivity index (χ1) is 43.8. The number of aliphatic hydroxyl groups is 2. The van der Waals surface area contributed by atoms with E-state index in [4.69, 9.17) is 28.0 Å². The van der Waals surface area contributed by atoms with E-state index in [0.29, 0.717) is 22.0 Å². The van der Waals surface area contributed by atoms with Crippen LogP contribution < -0.4 is 70.8 Å². The summed E-state index contributed by atoms with van der Waals surface area (Å²) in [5, 5.41) is 80.9. The van der Waals surface area contributed by atoms with Crippen LogP contribution in [0.3, 0.4) is 0 Å². The average Bonchev–Trinajstić information content (AvgIpc) is 1.76. The summed E-state index contributed by atoms with van der Waals surface area (Å²) >= 11 is 1.30. The van der Waals surface area contributed by atoms with Crippen LogP contribution in [0.4, 0.5) is 0 Å². The first-order valence-corrected chi connectivity index (χ1v) is 30.8. The van der Waals surface area contributed by atoms with Crippen LogP contribution in [-0.4, -0.2) is 210 Å². The summed E-state index contributed by atoms with van der Waals surface area (Å²) in [4.78, 5) is 180. The minimum absolute atomic E-state index is 0.0389. The summed E-state index contributed by atoms with van der Waals surface area (Å²) in [6, 6.07) is -4.11. The van der Waals surface area contributed by atoms with Gasteiger partial charge in [-0.3, -0.25) is 62.5 Å². The number of phenolic OH excluding ortho intramolecular Hbond substituents is 1. The molecule has 0 spiro atoms. The summed E-state index contributed by atoms with van der Waals surface area (Å²) in [7, 11) is 0. The molecule has 10 amide bonds. The Morgan fingerprint density at radius 3 is 1.59 bits per heavy atom. The van der Waals surface area contributed by atoms with Crippen LogP contribution in [0.15, 0.2) is 59.7 Å². The van der Waals surface area contributed by atoms with Crippen molar-refractivity contribution in [2.75, 3.05) is 25.2 Å². The van der Waals surface area contributed by atoms with Crippen LogP contribution in [-0.2, 0) is 75.2 Å². The Morgan fingerprint density at radius 1 is 0.570 bits per heavy atom. The molecule has 2 aromatic carbocycles. The molecule has 1 heterocycles. The molecule has 0 bridgehead atoms. The zero-order valence-corrected chi connectivity index (χ0v) is 52.5. The monoisotopic (exact) mass is 1330 g/mol. The van der Waals surface area contributed by atoms with Gasteiger partial charge in [0.1, 0.15) is 54.1 Å². The van der Waals surface area contributed by atoms with Crippen LogP contribution in [0, 0.1) is 5.92 Å². The number of carboxylic acids is 3. The topological polar surface area (TPSA) is 584 Å². The Hall–Kier alpha value is -9.61. The number of carbonyl (C=O) groups is 13. The van der Waals surface area contributed by atoms with Gasteiger partial charge in [-0.25, -0.2) is 4.79 Å². The van der Waals surface area contributed by atoms with E-state index < -0.39 is 176 Å². The van der Waals surface area contributed by atoms with E-state index in [1.165, 1.54) is 36.0 Å². The molecule has 512 valence electrons. The van der Waals surface area contributed by atoms with Crippen LogP contribution in [0.1, 0.15) is 89.7 Å². The Morgan fingerprint density at radius 2 is 1.04 bits per heavy atom. The van der Waals surface area contributed by atoms with Gasteiger partial charge in [-0.2, -0.15) is 11.8 Å². The van der Waals surface area contributed by atoms with Gasteiger partial charge in [0.05, 0.1) is 25.2 Å². The molecule has 0 unspecified atom stereocenters. The number of rotatable bonds is 42. The highest BCUT2D eigenvalue weighted by molar-refractivity contribution is 7.98. The lowest BCUT2D eigenvalue weighted by molar-refractivity contribution is -0.145. The van der Waals surface area contributed by atoms with E-state index in [-0.39, 0.29) is 74.9 Å². The van der Waals surface area contributed by atoms with E-state index in [1.807, 2.05) is 0 Å². The third-order valence-corrected chi connectivity index (χ3v) is 14.7. The Kier molecular flexibility index (Phi) is 32.5. The number of benzene rings is 2. The largest absolute Gasteiger partial charge is 0.508 e. The highest BCUT2D eigenvalue weighted by atomic mass is 32.2. The van der Waals surface area contributed by atoms with Gasteiger partial charge in [0.25, 0.3) is 0 Å². The lowest BCUT2D eigenvalue weighted by atomic mass is 9.99. The van der Waals surface area contributed by atoms with Crippen molar-refractivity contribution >= 4 is 106 Å². The minimum atomic E-state index is -1.98. The SMILES string of the molecule is CSCC[C@H](NC(=O)[C@H](CC(C)C)NC(=O)[C@H](Cc1c[nH]c2ccccc12)NC(=O)[C@H](CC(N)=O)NC(=O)[C@H](CO)NC(=O)[C@H](CCCN=C(N)N)NC(=O)[C@H](CCC(=O)O)NC(=O)[C@@H](N)CCC(=O)O)C(=O)N[C@@H](Cc1ccc(O)cc1)C(=O)N[C@H](C(=O)O)[C@@H](C)O. The van der Waals surface area contributed by atoms with Gasteiger partial charge in [0.2, 0.25) is 59.1 Å². The zero-order chi connectivity index (χ0) is 69.6. The minimum Gasteiger partial charge on any atom is -0.508 e. The molecule has 0 radical (unpaired) electrons. The number of aromatic amines is 1. The van der Waals surface area contributed by atoms with Crippen LogP contribution in [0.2, 0.25) is 0 Å². The van der Waals surface area contributed by atoms with Crippen LogP contribution in [0.25, 0.3) is 10.9 Å². The number of H-pyrrole nitrogens is 1. The molecule has 0 saturated heterocycles. The number of nitrogens with one attached hydrogen (secondary N) is 10. The quantitative estimate of drug-likeness (QED) is 0.0144. The summed E-state index contributed by atoms with van der Waals surface area (Å²) in [6.45, 7) is 3.27. The molecule has 0 aliphatic rings. The molecule has 11 atom stereocenters. The highest BCUT2D eigenvalue weighted by Crippen LogP contribution is 2.20. The molecule has 3 rings (SSSR count). The number of aliphatic carboxylic acids is 3. The summed E-state index contributed by atoms with van der Waals surface area (Å²) in [5.41, 5.74) is 23.7. The molecular weight excluding hydrogens is 1240 g/mol. The number of carbonyl (C=O) groups excluding carboxylic acids is 10. The molecule has 0 aliphatic heterocycles. The smallest absolute Gasteiger partial charge is 0.328 e. The van der Waals surface area contributed by atoms with Gasteiger partial charge in [0, 0.05) is 49.3 Å². The second-order valence-electron chi connectivity index (χ2n) is 22.2. The number of amides is 10. The van der Waals surface area contributed by atoms with E-state index >= 15 is 0 Å². The highest BCUT2D eigenvalue weighted by Gasteiger charge is 2.37. The van der Waals surface area contributed by atoms with Gasteiger partial charge in [-0.15, -0.1) is 0 Å². The van der Waals surface area contributed by atoms with Gasteiger partial charge in [-0.1, -0.05) is 44.2 Å². The number of aliphatic hydroxyl groups excluding tert-OH is 2. The van der Waals surface area contributed by atoms with Gasteiger partial charge < -0.3 is 106 Å². The van der Waals surface area contributed by atoms with Crippen LogP contribution in [0.5, 0.6) is 5.75 Å². The normalized spacial score (nSPS) is 14.7. The molecule has 3 aromatic rings. The Labute approximate surface area is 538 Å². The number of phenols is 1. The number of fused-ring (bicyclic) bond motifs is 1. The molecule has 34 nitrogen and oxygen atoms in total. The lowest BCUT2D eigenvalue weighted by Crippen LogP contribution is -2.61. The molecule has 0 fully saturated rings. The van der Waals surface area contributed by atoms with Crippen molar-refractivity contribution in [3.8, 4) is 5.75 Å². The van der Waals surface area contributed by atoms with Crippen molar-refractivity contribution in [2.24, 2.45) is 33.8 Å². The third kappa shape index (κ3) is 27.4. The summed E-state index contributed by atoms with van der Waals surface area (Å²) in [5.74, 6) is -15.6. The molecule has 0 saturated carbocycles. The fourth-order valence-corrected chi connectivity index (χ4v) is 9.64. The average molecular weight is 1330 g/mol. The van der Waals surface area contributed by atoms with Gasteiger partial charge >= 0.3 is 17.9 Å². The fourth-order valence-electron chi connectivity index (χ4n) is 9.17. The molecule has 24 N–H and O–H groups in total. The number of thioether (sulfide) groups is 1. The fraction of sp³-hybridized carbons (Fsp3) is 0.517. The van der Waals surface area contributed by atoms with Gasteiger partial charge in [-0.05, 0) is 92.7 Å². The number of nitrogens with two attached hydrogens (primary N) is 4. The maximum atomic E-state index is 14.8. The second kappa shape index (κ2) is 38.9. The number of hydrogen-bond acceptors (Lipinski definition) is 19. The van der Waals surface area contributed by atoms with Crippen molar-refractivity contribution in [1.29, 1.82) is 0 Å². The first kappa shape index (κ1) is 77.6. The van der Waals surface area contributed by atoms with E-state index in [9.17, 15) is 87.9 Å². The number of nitrogens with zero attached hydrogens (tertiary/aromatic N) is 1. The van der Waals surface area contributed by atoms with Crippen LogP contribution >= 0.6 is 11.8 Å².